The average Bonchev–Trinajstić information content (AvgIpc) is 2.61. The van der Waals surface area contributed by atoms with E-state index in [4.69, 9.17) is 9.88 Å². The standard InChI is InChI=1S/C18H23N3O4S/c1-12(16-9-4-5-10-17(16)25-3)20-13(2)18(22)21-14-7-6-8-15(11-14)26(19,23)24/h4-13,20H,1-3H3,(H,21,22)(H2,19,23,24)/t12-,13+/m1/s1. The molecule has 2 rings (SSSR count). The number of nitrogens with two attached hydrogens (primary N) is 1. The van der Waals surface area contributed by atoms with Gasteiger partial charge >= 0.3 is 0 Å². The molecular weight excluding hydrogens is 354 g/mol. The minimum absolute atomic E-state index is 0.0571. The third-order valence-corrected chi connectivity index (χ3v) is 4.84. The van der Waals surface area contributed by atoms with Crippen molar-refractivity contribution in [1.82, 2.24) is 5.32 Å². The molecule has 140 valence electrons. The number of nitrogens with one attached hydrogen (secondary N) is 2. The van der Waals surface area contributed by atoms with Crippen molar-refractivity contribution in [1.29, 1.82) is 0 Å². The molecule has 0 saturated carbocycles. The second kappa shape index (κ2) is 8.31. The SMILES string of the molecule is COc1ccccc1[C@@H](C)N[C@@H](C)C(=O)Nc1cccc(S(N)(=O)=O)c1. The molecular formula is C18H23N3O4S. The first kappa shape index (κ1) is 19.9. The van der Waals surface area contributed by atoms with E-state index in [9.17, 15) is 13.2 Å². The van der Waals surface area contributed by atoms with Gasteiger partial charge in [0.2, 0.25) is 15.9 Å². The van der Waals surface area contributed by atoms with Crippen molar-refractivity contribution in [2.24, 2.45) is 5.14 Å². The van der Waals surface area contributed by atoms with Crippen molar-refractivity contribution < 1.29 is 17.9 Å². The molecule has 8 heteroatoms. The predicted octanol–water partition coefficient (Wildman–Crippen LogP) is 2.02. The molecule has 2 aromatic rings. The Balaban J connectivity index is 2.06. The van der Waals surface area contributed by atoms with Crippen LogP contribution in [0.25, 0.3) is 0 Å². The Labute approximate surface area is 153 Å². The molecule has 0 bridgehead atoms. The fourth-order valence-corrected chi connectivity index (χ4v) is 3.13. The van der Waals surface area contributed by atoms with Crippen molar-refractivity contribution in [2.75, 3.05) is 12.4 Å². The summed E-state index contributed by atoms with van der Waals surface area (Å²) >= 11 is 0. The lowest BCUT2D eigenvalue weighted by molar-refractivity contribution is -0.117. The van der Waals surface area contributed by atoms with Crippen LogP contribution in [0.1, 0.15) is 25.5 Å². The fraction of sp³-hybridized carbons (Fsp3) is 0.278. The van der Waals surface area contributed by atoms with Gasteiger partial charge in [0.1, 0.15) is 5.75 Å². The van der Waals surface area contributed by atoms with Crippen LogP contribution in [0.3, 0.4) is 0 Å². The summed E-state index contributed by atoms with van der Waals surface area (Å²) in [4.78, 5) is 12.4. The molecule has 7 nitrogen and oxygen atoms in total. The third kappa shape index (κ3) is 5.04. The number of amides is 1. The van der Waals surface area contributed by atoms with E-state index in [-0.39, 0.29) is 16.8 Å². The summed E-state index contributed by atoms with van der Waals surface area (Å²) in [5.74, 6) is 0.444. The van der Waals surface area contributed by atoms with Crippen molar-refractivity contribution in [2.45, 2.75) is 30.8 Å². The number of anilines is 1. The Morgan fingerprint density at radius 3 is 2.46 bits per heavy atom. The number of benzene rings is 2. The summed E-state index contributed by atoms with van der Waals surface area (Å²) < 4.78 is 28.2. The second-order valence-electron chi connectivity index (χ2n) is 5.91. The average molecular weight is 377 g/mol. The molecule has 0 heterocycles. The van der Waals surface area contributed by atoms with Crippen LogP contribution in [0.4, 0.5) is 5.69 Å². The van der Waals surface area contributed by atoms with Crippen molar-refractivity contribution in [3.05, 3.63) is 54.1 Å². The van der Waals surface area contributed by atoms with E-state index in [0.717, 1.165) is 11.3 Å². The number of methoxy groups -OCH3 is 1. The maximum Gasteiger partial charge on any atom is 0.241 e. The van der Waals surface area contributed by atoms with E-state index in [1.807, 2.05) is 31.2 Å². The molecule has 2 atom stereocenters. The zero-order valence-electron chi connectivity index (χ0n) is 14.9. The molecule has 0 aliphatic carbocycles. The number of para-hydroxylation sites is 1. The van der Waals surface area contributed by atoms with Gasteiger partial charge in [0.25, 0.3) is 0 Å². The minimum atomic E-state index is -3.82. The molecule has 0 saturated heterocycles. The van der Waals surface area contributed by atoms with Crippen molar-refractivity contribution in [3.8, 4) is 5.75 Å². The Morgan fingerprint density at radius 1 is 1.12 bits per heavy atom. The van der Waals surface area contributed by atoms with Crippen molar-refractivity contribution in [3.63, 3.8) is 0 Å². The molecule has 0 aromatic heterocycles. The topological polar surface area (TPSA) is 111 Å². The molecule has 26 heavy (non-hydrogen) atoms. The Morgan fingerprint density at radius 2 is 1.81 bits per heavy atom. The van der Waals surface area contributed by atoms with Crippen LogP contribution in [-0.2, 0) is 14.8 Å². The van der Waals surface area contributed by atoms with Crippen LogP contribution in [0, 0.1) is 0 Å². The first-order valence-electron chi connectivity index (χ1n) is 8.05. The van der Waals surface area contributed by atoms with Crippen LogP contribution in [-0.4, -0.2) is 27.5 Å². The smallest absolute Gasteiger partial charge is 0.241 e. The number of hydrogen-bond donors (Lipinski definition) is 3. The van der Waals surface area contributed by atoms with Crippen LogP contribution >= 0.6 is 0 Å². The number of carbonyl (C=O) groups excluding carboxylic acids is 1. The van der Waals surface area contributed by atoms with E-state index in [2.05, 4.69) is 10.6 Å². The number of ether oxygens (including phenoxy) is 1. The highest BCUT2D eigenvalue weighted by Crippen LogP contribution is 2.24. The van der Waals surface area contributed by atoms with E-state index >= 15 is 0 Å². The lowest BCUT2D eigenvalue weighted by atomic mass is 10.1. The van der Waals surface area contributed by atoms with E-state index in [1.165, 1.54) is 18.2 Å². The Hall–Kier alpha value is -2.42. The zero-order valence-corrected chi connectivity index (χ0v) is 15.7. The molecule has 0 aliphatic rings. The van der Waals surface area contributed by atoms with Crippen LogP contribution < -0.4 is 20.5 Å². The van der Waals surface area contributed by atoms with Crippen LogP contribution in [0.15, 0.2) is 53.4 Å². The first-order chi connectivity index (χ1) is 12.2. The molecule has 0 aliphatic heterocycles. The maximum absolute atomic E-state index is 12.4. The van der Waals surface area contributed by atoms with Gasteiger partial charge < -0.3 is 10.1 Å². The fourth-order valence-electron chi connectivity index (χ4n) is 2.57. The summed E-state index contributed by atoms with van der Waals surface area (Å²) in [7, 11) is -2.23. The number of primary sulfonamides is 1. The highest BCUT2D eigenvalue weighted by Gasteiger charge is 2.19. The van der Waals surface area contributed by atoms with Gasteiger partial charge in [0.05, 0.1) is 18.0 Å². The van der Waals surface area contributed by atoms with Crippen LogP contribution in [0.5, 0.6) is 5.75 Å². The molecule has 0 fully saturated rings. The van der Waals surface area contributed by atoms with E-state index in [0.29, 0.717) is 5.69 Å². The number of hydrogen-bond acceptors (Lipinski definition) is 5. The summed E-state index contributed by atoms with van der Waals surface area (Å²) in [5, 5.41) is 11.0. The number of rotatable bonds is 7. The van der Waals surface area contributed by atoms with Gasteiger partial charge in [-0.05, 0) is 38.1 Å². The highest BCUT2D eigenvalue weighted by molar-refractivity contribution is 7.89. The molecule has 4 N–H and O–H groups in total. The van der Waals surface area contributed by atoms with Gasteiger partial charge in [-0.3, -0.25) is 10.1 Å². The number of carbonyl (C=O) groups is 1. The quantitative estimate of drug-likeness (QED) is 0.684. The largest absolute Gasteiger partial charge is 0.496 e. The summed E-state index contributed by atoms with van der Waals surface area (Å²) in [6, 6.07) is 12.7. The van der Waals surface area contributed by atoms with Gasteiger partial charge in [-0.15, -0.1) is 0 Å². The van der Waals surface area contributed by atoms with Gasteiger partial charge in [-0.1, -0.05) is 24.3 Å². The molecule has 2 aromatic carbocycles. The Bertz CT molecular complexity index is 884. The second-order valence-corrected chi connectivity index (χ2v) is 7.48. The zero-order chi connectivity index (χ0) is 19.3. The highest BCUT2D eigenvalue weighted by atomic mass is 32.2. The first-order valence-corrected chi connectivity index (χ1v) is 9.59. The summed E-state index contributed by atoms with van der Waals surface area (Å²) in [6.07, 6.45) is 0. The normalized spacial score (nSPS) is 13.7. The molecule has 0 spiro atoms. The monoisotopic (exact) mass is 377 g/mol. The van der Waals surface area contributed by atoms with Crippen LogP contribution in [0.2, 0.25) is 0 Å². The molecule has 0 radical (unpaired) electrons. The minimum Gasteiger partial charge on any atom is -0.496 e. The Kier molecular flexibility index (Phi) is 6.36. The number of sulfonamides is 1. The lowest BCUT2D eigenvalue weighted by Gasteiger charge is -2.21. The van der Waals surface area contributed by atoms with E-state index < -0.39 is 16.1 Å². The third-order valence-electron chi connectivity index (χ3n) is 3.93. The maximum atomic E-state index is 12.4. The summed E-state index contributed by atoms with van der Waals surface area (Å²) in [5.41, 5.74) is 1.30. The lowest BCUT2D eigenvalue weighted by Crippen LogP contribution is -2.39. The van der Waals surface area contributed by atoms with E-state index in [1.54, 1.807) is 20.1 Å². The van der Waals surface area contributed by atoms with Crippen molar-refractivity contribution >= 4 is 21.6 Å². The predicted molar refractivity (Wildman–Crippen MR) is 100 cm³/mol. The van der Waals surface area contributed by atoms with Gasteiger partial charge in [0.15, 0.2) is 0 Å². The molecule has 1 amide bonds. The molecule has 0 unspecified atom stereocenters. The van der Waals surface area contributed by atoms with Gasteiger partial charge in [-0.2, -0.15) is 0 Å². The van der Waals surface area contributed by atoms with Gasteiger partial charge in [0, 0.05) is 17.3 Å². The summed E-state index contributed by atoms with van der Waals surface area (Å²) in [6.45, 7) is 3.66. The van der Waals surface area contributed by atoms with Gasteiger partial charge in [-0.25, -0.2) is 13.6 Å².